The van der Waals surface area contributed by atoms with Gasteiger partial charge in [0, 0.05) is 63.6 Å². The van der Waals surface area contributed by atoms with E-state index in [1.54, 1.807) is 0 Å². The molecule has 0 saturated carbocycles. The molecule has 0 radical (unpaired) electrons. The van der Waals surface area contributed by atoms with Crippen LogP contribution in [0.25, 0.3) is 0 Å². The van der Waals surface area contributed by atoms with E-state index in [9.17, 15) is 4.79 Å². The minimum Gasteiger partial charge on any atom is -0.356 e. The van der Waals surface area contributed by atoms with Gasteiger partial charge in [0.15, 0.2) is 5.66 Å². The van der Waals surface area contributed by atoms with Crippen LogP contribution in [0.2, 0.25) is 0 Å². The van der Waals surface area contributed by atoms with Crippen LogP contribution in [-0.4, -0.2) is 52.6 Å². The highest BCUT2D eigenvalue weighted by Crippen LogP contribution is 2.37. The maximum absolute atomic E-state index is 12.6. The van der Waals surface area contributed by atoms with Crippen LogP contribution in [0.3, 0.4) is 0 Å². The average molecular weight is 368 g/mol. The lowest BCUT2D eigenvalue weighted by Gasteiger charge is -2.37. The standard InChI is InChI=1S/C20H28N6O/c1-5-6-10-20(23-24-20)11-7-19(27)25(4)17-8-12-26(13-9-17)18-14-15(2)21-16(3)22-18/h1,14,17H,6-13H2,2-4H3. The zero-order valence-electron chi connectivity index (χ0n) is 16.5. The number of hydrogen-bond acceptors (Lipinski definition) is 6. The highest BCUT2D eigenvalue weighted by molar-refractivity contribution is 5.76. The summed E-state index contributed by atoms with van der Waals surface area (Å²) < 4.78 is 0. The van der Waals surface area contributed by atoms with E-state index in [1.165, 1.54) is 0 Å². The Bertz CT molecular complexity index is 734. The fourth-order valence-corrected chi connectivity index (χ4v) is 3.70. The second kappa shape index (κ2) is 8.03. The number of piperidine rings is 1. The van der Waals surface area contributed by atoms with Gasteiger partial charge in [0.1, 0.15) is 11.6 Å². The van der Waals surface area contributed by atoms with Crippen molar-refractivity contribution in [3.8, 4) is 12.3 Å². The van der Waals surface area contributed by atoms with Gasteiger partial charge in [-0.25, -0.2) is 9.97 Å². The van der Waals surface area contributed by atoms with Gasteiger partial charge >= 0.3 is 0 Å². The monoisotopic (exact) mass is 368 g/mol. The number of terminal acetylenes is 1. The molecule has 0 bridgehead atoms. The van der Waals surface area contributed by atoms with Crippen molar-refractivity contribution in [2.75, 3.05) is 25.0 Å². The Hall–Kier alpha value is -2.49. The fraction of sp³-hybridized carbons (Fsp3) is 0.650. The summed E-state index contributed by atoms with van der Waals surface area (Å²) in [5, 5.41) is 8.23. The van der Waals surface area contributed by atoms with E-state index in [1.807, 2.05) is 31.9 Å². The normalized spacial score (nSPS) is 18.2. The quantitative estimate of drug-likeness (QED) is 0.694. The molecule has 0 N–H and O–H groups in total. The van der Waals surface area contributed by atoms with Gasteiger partial charge in [0.25, 0.3) is 0 Å². The van der Waals surface area contributed by atoms with E-state index in [0.717, 1.165) is 49.7 Å². The Labute approximate surface area is 161 Å². The van der Waals surface area contributed by atoms with Crippen LogP contribution >= 0.6 is 0 Å². The summed E-state index contributed by atoms with van der Waals surface area (Å²) in [6.45, 7) is 5.71. The van der Waals surface area contributed by atoms with Gasteiger partial charge in [0.2, 0.25) is 5.91 Å². The van der Waals surface area contributed by atoms with Crippen LogP contribution in [0.5, 0.6) is 0 Å². The second-order valence-corrected chi connectivity index (χ2v) is 7.52. The van der Waals surface area contributed by atoms with Crippen molar-refractivity contribution in [2.24, 2.45) is 10.2 Å². The highest BCUT2D eigenvalue weighted by atomic mass is 16.2. The molecule has 1 aromatic heterocycles. The molecule has 2 aliphatic heterocycles. The van der Waals surface area contributed by atoms with E-state index in [-0.39, 0.29) is 17.6 Å². The molecule has 1 fully saturated rings. The lowest BCUT2D eigenvalue weighted by atomic mass is 10.00. The summed E-state index contributed by atoms with van der Waals surface area (Å²) in [4.78, 5) is 25.7. The summed E-state index contributed by atoms with van der Waals surface area (Å²) in [6.07, 6.45) is 9.74. The number of carbonyl (C=O) groups excluding carboxylic acids is 1. The molecule has 144 valence electrons. The smallest absolute Gasteiger partial charge is 0.222 e. The van der Waals surface area contributed by atoms with Crippen molar-refractivity contribution < 1.29 is 4.79 Å². The SMILES string of the molecule is C#CCCC1(CCC(=O)N(C)C2CCN(c3cc(C)nc(C)n3)CC2)N=N1. The average Bonchev–Trinajstić information content (AvgIpc) is 3.43. The zero-order valence-corrected chi connectivity index (χ0v) is 16.5. The van der Waals surface area contributed by atoms with Crippen molar-refractivity contribution in [3.63, 3.8) is 0 Å². The fourth-order valence-electron chi connectivity index (χ4n) is 3.70. The maximum atomic E-state index is 12.6. The maximum Gasteiger partial charge on any atom is 0.222 e. The molecule has 1 aromatic rings. The van der Waals surface area contributed by atoms with Crippen LogP contribution < -0.4 is 4.90 Å². The summed E-state index contributed by atoms with van der Waals surface area (Å²) in [7, 11) is 1.91. The third kappa shape index (κ3) is 4.82. The number of aromatic nitrogens is 2. The van der Waals surface area contributed by atoms with Crippen molar-refractivity contribution in [3.05, 3.63) is 17.6 Å². The number of hydrogen-bond donors (Lipinski definition) is 0. The molecule has 1 amide bonds. The largest absolute Gasteiger partial charge is 0.356 e. The summed E-state index contributed by atoms with van der Waals surface area (Å²) in [5.74, 6) is 4.57. The minimum absolute atomic E-state index is 0.166. The number of rotatable bonds is 7. The van der Waals surface area contributed by atoms with Crippen molar-refractivity contribution in [1.82, 2.24) is 14.9 Å². The zero-order chi connectivity index (χ0) is 19.4. The van der Waals surface area contributed by atoms with Gasteiger partial charge in [-0.15, -0.1) is 12.3 Å². The summed E-state index contributed by atoms with van der Waals surface area (Å²) in [5.41, 5.74) is 0.608. The third-order valence-electron chi connectivity index (χ3n) is 5.47. The lowest BCUT2D eigenvalue weighted by molar-refractivity contribution is -0.132. The Morgan fingerprint density at radius 2 is 2.00 bits per heavy atom. The van der Waals surface area contributed by atoms with Gasteiger partial charge in [-0.05, 0) is 26.7 Å². The number of amides is 1. The third-order valence-corrected chi connectivity index (χ3v) is 5.47. The van der Waals surface area contributed by atoms with Gasteiger partial charge in [-0.2, -0.15) is 10.2 Å². The van der Waals surface area contributed by atoms with Crippen molar-refractivity contribution in [1.29, 1.82) is 0 Å². The Balaban J connectivity index is 1.47. The van der Waals surface area contributed by atoms with E-state index < -0.39 is 0 Å². The van der Waals surface area contributed by atoms with E-state index in [4.69, 9.17) is 6.42 Å². The first-order chi connectivity index (χ1) is 12.9. The molecule has 3 heterocycles. The molecular formula is C20H28N6O. The summed E-state index contributed by atoms with van der Waals surface area (Å²) in [6, 6.07) is 2.30. The Morgan fingerprint density at radius 3 is 2.59 bits per heavy atom. The van der Waals surface area contributed by atoms with Gasteiger partial charge in [-0.3, -0.25) is 4.79 Å². The number of carbonyl (C=O) groups is 1. The van der Waals surface area contributed by atoms with Gasteiger partial charge < -0.3 is 9.80 Å². The van der Waals surface area contributed by atoms with Gasteiger partial charge in [-0.1, -0.05) is 0 Å². The molecule has 2 aliphatic rings. The van der Waals surface area contributed by atoms with Crippen LogP contribution in [0, 0.1) is 26.2 Å². The van der Waals surface area contributed by atoms with E-state index >= 15 is 0 Å². The predicted octanol–water partition coefficient (Wildman–Crippen LogP) is 2.88. The number of aryl methyl sites for hydroxylation is 2. The van der Waals surface area contributed by atoms with Crippen LogP contribution in [-0.2, 0) is 4.79 Å². The molecule has 0 unspecified atom stereocenters. The number of anilines is 1. The van der Waals surface area contributed by atoms with Crippen molar-refractivity contribution in [2.45, 2.75) is 64.1 Å². The molecule has 7 heteroatoms. The molecule has 0 atom stereocenters. The van der Waals surface area contributed by atoms with Crippen LogP contribution in [0.4, 0.5) is 5.82 Å². The summed E-state index contributed by atoms with van der Waals surface area (Å²) >= 11 is 0. The first-order valence-corrected chi connectivity index (χ1v) is 9.63. The molecule has 1 saturated heterocycles. The van der Waals surface area contributed by atoms with Crippen LogP contribution in [0.15, 0.2) is 16.3 Å². The molecule has 27 heavy (non-hydrogen) atoms. The minimum atomic E-state index is -0.380. The second-order valence-electron chi connectivity index (χ2n) is 7.52. The molecule has 7 nitrogen and oxygen atoms in total. The predicted molar refractivity (Wildman–Crippen MR) is 104 cm³/mol. The Morgan fingerprint density at radius 1 is 1.30 bits per heavy atom. The first-order valence-electron chi connectivity index (χ1n) is 9.63. The van der Waals surface area contributed by atoms with Crippen molar-refractivity contribution >= 4 is 11.7 Å². The molecular weight excluding hydrogens is 340 g/mol. The lowest BCUT2D eigenvalue weighted by Crippen LogP contribution is -2.46. The molecule has 0 aromatic carbocycles. The van der Waals surface area contributed by atoms with E-state index in [0.29, 0.717) is 19.3 Å². The van der Waals surface area contributed by atoms with Crippen LogP contribution in [0.1, 0.15) is 50.0 Å². The van der Waals surface area contributed by atoms with E-state index in [2.05, 4.69) is 31.0 Å². The Kier molecular flexibility index (Phi) is 5.73. The van der Waals surface area contributed by atoms with Gasteiger partial charge in [0.05, 0.1) is 0 Å². The number of nitrogens with zero attached hydrogens (tertiary/aromatic N) is 6. The molecule has 0 spiro atoms. The topological polar surface area (TPSA) is 74.1 Å². The highest BCUT2D eigenvalue weighted by Gasteiger charge is 2.39. The first kappa shape index (κ1) is 19.3. The molecule has 3 rings (SSSR count). The molecule has 0 aliphatic carbocycles.